The molecule has 3 rings (SSSR count). The Morgan fingerprint density at radius 2 is 1.79 bits per heavy atom. The van der Waals surface area contributed by atoms with Crippen molar-refractivity contribution in [3.8, 4) is 11.1 Å². The normalized spacial score (nSPS) is 15.9. The maximum atomic E-state index is 12.8. The molecule has 2 aromatic carbocycles. The number of anilines is 1. The molecule has 0 aromatic heterocycles. The Morgan fingerprint density at radius 1 is 1.07 bits per heavy atom. The molecule has 2 aromatic rings. The highest BCUT2D eigenvalue weighted by atomic mass is 16.2. The summed E-state index contributed by atoms with van der Waals surface area (Å²) in [6.45, 7) is 3.85. The molecule has 0 saturated carbocycles. The number of amides is 3. The van der Waals surface area contributed by atoms with Crippen LogP contribution in [0, 0.1) is 6.92 Å². The molecular formula is C22H25N3O3. The number of hydrogen-bond acceptors (Lipinski definition) is 3. The highest BCUT2D eigenvalue weighted by Gasteiger charge is 2.33. The fraction of sp³-hybridized carbons (Fsp3) is 0.318. The lowest BCUT2D eigenvalue weighted by atomic mass is 10.0. The van der Waals surface area contributed by atoms with Gasteiger partial charge in [-0.15, -0.1) is 0 Å². The first-order chi connectivity index (χ1) is 13.4. The van der Waals surface area contributed by atoms with Gasteiger partial charge in [-0.1, -0.05) is 42.0 Å². The second kappa shape index (κ2) is 8.69. The van der Waals surface area contributed by atoms with Gasteiger partial charge in [0.15, 0.2) is 0 Å². The van der Waals surface area contributed by atoms with Crippen LogP contribution in [-0.2, 0) is 14.4 Å². The molecule has 1 saturated heterocycles. The van der Waals surface area contributed by atoms with Gasteiger partial charge in [-0.3, -0.25) is 14.4 Å². The first kappa shape index (κ1) is 19.6. The summed E-state index contributed by atoms with van der Waals surface area (Å²) in [5.41, 5.74) is 3.98. The van der Waals surface area contributed by atoms with E-state index in [1.165, 1.54) is 12.5 Å². The second-order valence-corrected chi connectivity index (χ2v) is 7.09. The molecule has 6 nitrogen and oxygen atoms in total. The van der Waals surface area contributed by atoms with Crippen LogP contribution in [0.4, 0.5) is 5.69 Å². The number of likely N-dealkylation sites (tertiary alicyclic amines) is 1. The van der Waals surface area contributed by atoms with Gasteiger partial charge in [0.1, 0.15) is 6.04 Å². The van der Waals surface area contributed by atoms with Crippen molar-refractivity contribution in [2.75, 3.05) is 18.4 Å². The third-order valence-electron chi connectivity index (χ3n) is 4.85. The molecule has 0 spiro atoms. The summed E-state index contributed by atoms with van der Waals surface area (Å²) >= 11 is 0. The molecule has 0 unspecified atom stereocenters. The van der Waals surface area contributed by atoms with Crippen molar-refractivity contribution in [1.82, 2.24) is 10.2 Å². The molecule has 1 atom stereocenters. The zero-order chi connectivity index (χ0) is 20.1. The van der Waals surface area contributed by atoms with Gasteiger partial charge in [-0.25, -0.2) is 0 Å². The topological polar surface area (TPSA) is 78.5 Å². The van der Waals surface area contributed by atoms with Crippen molar-refractivity contribution in [3.63, 3.8) is 0 Å². The molecule has 1 heterocycles. The van der Waals surface area contributed by atoms with E-state index in [9.17, 15) is 14.4 Å². The first-order valence-electron chi connectivity index (χ1n) is 9.46. The van der Waals surface area contributed by atoms with Crippen LogP contribution in [0.5, 0.6) is 0 Å². The lowest BCUT2D eigenvalue weighted by molar-refractivity contribution is -0.136. The molecule has 0 bridgehead atoms. The van der Waals surface area contributed by atoms with Gasteiger partial charge in [0.2, 0.25) is 17.7 Å². The van der Waals surface area contributed by atoms with E-state index in [1.807, 2.05) is 49.4 Å². The van der Waals surface area contributed by atoms with Crippen molar-refractivity contribution < 1.29 is 14.4 Å². The number of hydrogen-bond donors (Lipinski definition) is 2. The minimum Gasteiger partial charge on any atom is -0.347 e. The minimum absolute atomic E-state index is 0.0814. The number of aryl methyl sites for hydroxylation is 1. The largest absolute Gasteiger partial charge is 0.347 e. The maximum Gasteiger partial charge on any atom is 0.247 e. The van der Waals surface area contributed by atoms with Crippen molar-refractivity contribution in [2.24, 2.45) is 0 Å². The molecule has 2 N–H and O–H groups in total. The Balaban J connectivity index is 1.69. The highest BCUT2D eigenvalue weighted by molar-refractivity contribution is 5.98. The van der Waals surface area contributed by atoms with Crippen LogP contribution in [0.25, 0.3) is 11.1 Å². The van der Waals surface area contributed by atoms with Gasteiger partial charge in [0.25, 0.3) is 0 Å². The molecule has 1 fully saturated rings. The lowest BCUT2D eigenvalue weighted by Gasteiger charge is -2.24. The monoisotopic (exact) mass is 379 g/mol. The fourth-order valence-electron chi connectivity index (χ4n) is 3.47. The predicted octanol–water partition coefficient (Wildman–Crippen LogP) is 2.73. The zero-order valence-electron chi connectivity index (χ0n) is 16.2. The Bertz CT molecular complexity index is 894. The van der Waals surface area contributed by atoms with Crippen LogP contribution in [0.1, 0.15) is 25.3 Å². The number of carbonyl (C=O) groups excluding carboxylic acids is 3. The quantitative estimate of drug-likeness (QED) is 0.838. The average molecular weight is 379 g/mol. The summed E-state index contributed by atoms with van der Waals surface area (Å²) in [5, 5.41) is 5.44. The van der Waals surface area contributed by atoms with Crippen molar-refractivity contribution >= 4 is 23.4 Å². The maximum absolute atomic E-state index is 12.8. The Kier molecular flexibility index (Phi) is 6.09. The van der Waals surface area contributed by atoms with Gasteiger partial charge >= 0.3 is 0 Å². The Labute approximate surface area is 164 Å². The molecule has 3 amide bonds. The molecule has 1 aliphatic heterocycles. The van der Waals surface area contributed by atoms with Crippen LogP contribution < -0.4 is 10.6 Å². The number of nitrogens with one attached hydrogen (secondary N) is 2. The molecule has 0 radical (unpaired) electrons. The SMILES string of the molecule is CC(=O)NCC(=O)N1CCC[C@@H]1C(=O)Nc1cccc(-c2cccc(C)c2)c1. The van der Waals surface area contributed by atoms with Crippen molar-refractivity contribution in [3.05, 3.63) is 54.1 Å². The fourth-order valence-corrected chi connectivity index (χ4v) is 3.47. The van der Waals surface area contributed by atoms with E-state index >= 15 is 0 Å². The second-order valence-electron chi connectivity index (χ2n) is 7.09. The summed E-state index contributed by atoms with van der Waals surface area (Å²) < 4.78 is 0. The first-order valence-corrected chi connectivity index (χ1v) is 9.46. The lowest BCUT2D eigenvalue weighted by Crippen LogP contribution is -2.46. The van der Waals surface area contributed by atoms with Gasteiger partial charge in [0.05, 0.1) is 6.54 Å². The van der Waals surface area contributed by atoms with E-state index in [0.29, 0.717) is 18.7 Å². The zero-order valence-corrected chi connectivity index (χ0v) is 16.2. The number of nitrogens with zero attached hydrogens (tertiary/aromatic N) is 1. The number of rotatable bonds is 5. The van der Waals surface area contributed by atoms with Crippen molar-refractivity contribution in [2.45, 2.75) is 32.7 Å². The van der Waals surface area contributed by atoms with Crippen LogP contribution in [-0.4, -0.2) is 41.8 Å². The van der Waals surface area contributed by atoms with Crippen LogP contribution in [0.15, 0.2) is 48.5 Å². The Hall–Kier alpha value is -3.15. The summed E-state index contributed by atoms with van der Waals surface area (Å²) in [5.74, 6) is -0.696. The van der Waals surface area contributed by atoms with E-state index in [-0.39, 0.29) is 24.3 Å². The van der Waals surface area contributed by atoms with Crippen LogP contribution in [0.3, 0.4) is 0 Å². The summed E-state index contributed by atoms with van der Waals surface area (Å²) in [4.78, 5) is 37.7. The van der Waals surface area contributed by atoms with E-state index < -0.39 is 6.04 Å². The van der Waals surface area contributed by atoms with Crippen LogP contribution in [0.2, 0.25) is 0 Å². The number of carbonyl (C=O) groups is 3. The smallest absolute Gasteiger partial charge is 0.247 e. The highest BCUT2D eigenvalue weighted by Crippen LogP contribution is 2.25. The summed E-state index contributed by atoms with van der Waals surface area (Å²) in [6, 6.07) is 15.4. The average Bonchev–Trinajstić information content (AvgIpc) is 3.16. The van der Waals surface area contributed by atoms with E-state index in [1.54, 1.807) is 4.90 Å². The van der Waals surface area contributed by atoms with Gasteiger partial charge < -0.3 is 15.5 Å². The van der Waals surface area contributed by atoms with Gasteiger partial charge in [-0.2, -0.15) is 0 Å². The van der Waals surface area contributed by atoms with Crippen molar-refractivity contribution in [1.29, 1.82) is 0 Å². The Morgan fingerprint density at radius 3 is 2.50 bits per heavy atom. The van der Waals surface area contributed by atoms with Gasteiger partial charge in [0, 0.05) is 19.2 Å². The third kappa shape index (κ3) is 4.76. The summed E-state index contributed by atoms with van der Waals surface area (Å²) in [7, 11) is 0. The van der Waals surface area contributed by atoms with Gasteiger partial charge in [-0.05, 0) is 43.0 Å². The number of benzene rings is 2. The van der Waals surface area contributed by atoms with E-state index in [4.69, 9.17) is 0 Å². The molecule has 0 aliphatic carbocycles. The molecule has 1 aliphatic rings. The molecule has 6 heteroatoms. The third-order valence-corrected chi connectivity index (χ3v) is 4.85. The molecule has 28 heavy (non-hydrogen) atoms. The summed E-state index contributed by atoms with van der Waals surface area (Å²) in [6.07, 6.45) is 1.39. The van der Waals surface area contributed by atoms with E-state index in [2.05, 4.69) is 16.7 Å². The predicted molar refractivity (Wildman–Crippen MR) is 109 cm³/mol. The molecular weight excluding hydrogens is 354 g/mol. The van der Waals surface area contributed by atoms with E-state index in [0.717, 1.165) is 17.5 Å². The van der Waals surface area contributed by atoms with Crippen LogP contribution >= 0.6 is 0 Å². The molecule has 146 valence electrons. The minimum atomic E-state index is -0.510. The standard InChI is InChI=1S/C22H25N3O3/c1-15-6-3-7-17(12-15)18-8-4-9-19(13-18)24-22(28)20-10-5-11-25(20)21(27)14-23-16(2)26/h3-4,6-9,12-13,20H,5,10-11,14H2,1-2H3,(H,23,26)(H,24,28)/t20-/m1/s1.